The van der Waals surface area contributed by atoms with E-state index >= 15 is 0 Å². The van der Waals surface area contributed by atoms with Crippen LogP contribution >= 0.6 is 22.9 Å². The fraction of sp³-hybridized carbons (Fsp3) is 0.474. The summed E-state index contributed by atoms with van der Waals surface area (Å²) in [5.41, 5.74) is 2.24. The number of quaternary nitrogens is 1. The number of carbonyl (C=O) groups is 1. The van der Waals surface area contributed by atoms with E-state index in [0.29, 0.717) is 11.7 Å². The van der Waals surface area contributed by atoms with E-state index in [1.165, 1.54) is 29.1 Å². The highest BCUT2D eigenvalue weighted by atomic mass is 35.5. The maximum Gasteiger partial charge on any atom is 0.281 e. The monoisotopic (exact) mass is 378 g/mol. The number of benzene rings is 1. The molecule has 1 saturated heterocycles. The van der Waals surface area contributed by atoms with Gasteiger partial charge in [-0.3, -0.25) is 10.1 Å². The maximum absolute atomic E-state index is 12.2. The van der Waals surface area contributed by atoms with Crippen LogP contribution in [-0.2, 0) is 11.2 Å². The molecule has 1 aromatic heterocycles. The first-order chi connectivity index (χ1) is 12.0. The molecule has 0 radical (unpaired) electrons. The summed E-state index contributed by atoms with van der Waals surface area (Å²) in [5.74, 6) is 0.854. The number of aryl methyl sites for hydroxylation is 1. The molecule has 0 unspecified atom stereocenters. The zero-order valence-corrected chi connectivity index (χ0v) is 16.3. The van der Waals surface area contributed by atoms with Crippen LogP contribution < -0.4 is 10.2 Å². The molecule has 0 bridgehead atoms. The first kappa shape index (κ1) is 18.4. The van der Waals surface area contributed by atoms with Gasteiger partial charge < -0.3 is 4.90 Å². The maximum atomic E-state index is 12.2. The van der Waals surface area contributed by atoms with Crippen molar-refractivity contribution in [2.45, 2.75) is 33.1 Å². The minimum Gasteiger partial charge on any atom is -0.327 e. The molecule has 6 heteroatoms. The Labute approximate surface area is 158 Å². The SMILES string of the molecule is Cc1ccc(Cc2cnc(NC(=O)C[NH+]3CCC(C)CC3)s2)cc1Cl. The third kappa shape index (κ3) is 5.27. The standard InChI is InChI=1S/C19H24ClN3OS/c1-13-5-7-23(8-6-13)12-18(24)22-19-21-11-16(25-19)9-15-4-3-14(2)17(20)10-15/h3-4,10-11,13H,5-9,12H2,1-2H3,(H,21,22,24)/p+1. The number of halogens is 1. The number of nitrogens with one attached hydrogen (secondary N) is 2. The summed E-state index contributed by atoms with van der Waals surface area (Å²) in [7, 11) is 0. The predicted molar refractivity (Wildman–Crippen MR) is 104 cm³/mol. The first-order valence-electron chi connectivity index (χ1n) is 8.83. The van der Waals surface area contributed by atoms with Gasteiger partial charge in [-0.2, -0.15) is 0 Å². The number of likely N-dealkylation sites (tertiary alicyclic amines) is 1. The number of piperidine rings is 1. The van der Waals surface area contributed by atoms with Crippen LogP contribution in [0.3, 0.4) is 0 Å². The van der Waals surface area contributed by atoms with E-state index in [4.69, 9.17) is 11.6 Å². The molecule has 1 amide bonds. The summed E-state index contributed by atoms with van der Waals surface area (Å²) in [6.07, 6.45) is 5.04. The Hall–Kier alpha value is -1.43. The van der Waals surface area contributed by atoms with Crippen LogP contribution in [0.1, 0.15) is 35.8 Å². The fourth-order valence-corrected chi connectivity index (χ4v) is 4.20. The average molecular weight is 379 g/mol. The van der Waals surface area contributed by atoms with Crippen molar-refractivity contribution in [3.63, 3.8) is 0 Å². The number of amides is 1. The Bertz CT molecular complexity index is 738. The van der Waals surface area contributed by atoms with Crippen molar-refractivity contribution >= 4 is 34.0 Å². The van der Waals surface area contributed by atoms with Gasteiger partial charge in [0.05, 0.1) is 13.1 Å². The van der Waals surface area contributed by atoms with Gasteiger partial charge in [0.25, 0.3) is 5.91 Å². The molecule has 0 saturated carbocycles. The van der Waals surface area contributed by atoms with Crippen molar-refractivity contribution in [3.8, 4) is 0 Å². The minimum absolute atomic E-state index is 0.0591. The van der Waals surface area contributed by atoms with E-state index in [1.54, 1.807) is 0 Å². The molecular weight excluding hydrogens is 354 g/mol. The largest absolute Gasteiger partial charge is 0.327 e. The summed E-state index contributed by atoms with van der Waals surface area (Å²) in [4.78, 5) is 19.1. The second-order valence-corrected chi connectivity index (χ2v) is 8.57. The molecule has 0 spiro atoms. The van der Waals surface area contributed by atoms with Crippen molar-refractivity contribution in [3.05, 3.63) is 45.4 Å². The van der Waals surface area contributed by atoms with Gasteiger partial charge in [-0.1, -0.05) is 30.7 Å². The van der Waals surface area contributed by atoms with Crippen LogP contribution in [0.25, 0.3) is 0 Å². The molecule has 4 nitrogen and oxygen atoms in total. The summed E-state index contributed by atoms with van der Waals surface area (Å²) in [6, 6.07) is 6.11. The molecule has 134 valence electrons. The van der Waals surface area contributed by atoms with Crippen molar-refractivity contribution in [1.82, 2.24) is 4.98 Å². The van der Waals surface area contributed by atoms with Crippen LogP contribution in [0.2, 0.25) is 5.02 Å². The predicted octanol–water partition coefficient (Wildman–Crippen LogP) is 2.95. The van der Waals surface area contributed by atoms with Crippen molar-refractivity contribution in [2.24, 2.45) is 5.92 Å². The lowest BCUT2D eigenvalue weighted by Crippen LogP contribution is -3.14. The van der Waals surface area contributed by atoms with Crippen molar-refractivity contribution < 1.29 is 9.69 Å². The second kappa shape index (κ2) is 8.30. The van der Waals surface area contributed by atoms with Gasteiger partial charge in [0.2, 0.25) is 0 Å². The van der Waals surface area contributed by atoms with Gasteiger partial charge in [0, 0.05) is 22.5 Å². The number of carbonyl (C=O) groups excluding carboxylic acids is 1. The molecule has 2 N–H and O–H groups in total. The van der Waals surface area contributed by atoms with Crippen LogP contribution in [-0.4, -0.2) is 30.5 Å². The molecule has 1 fully saturated rings. The molecule has 3 rings (SSSR count). The molecule has 1 aliphatic heterocycles. The Kier molecular flexibility index (Phi) is 6.10. The van der Waals surface area contributed by atoms with Crippen LogP contribution in [0, 0.1) is 12.8 Å². The number of rotatable bonds is 5. The number of aromatic nitrogens is 1. The van der Waals surface area contributed by atoms with Gasteiger partial charge in [-0.05, 0) is 42.9 Å². The van der Waals surface area contributed by atoms with Gasteiger partial charge >= 0.3 is 0 Å². The van der Waals surface area contributed by atoms with Gasteiger partial charge in [0.15, 0.2) is 11.7 Å². The molecule has 2 aromatic rings. The zero-order valence-electron chi connectivity index (χ0n) is 14.8. The van der Waals surface area contributed by atoms with E-state index in [9.17, 15) is 4.79 Å². The molecular formula is C19H25ClN3OS+. The lowest BCUT2D eigenvalue weighted by atomic mass is 9.99. The molecule has 25 heavy (non-hydrogen) atoms. The molecule has 0 atom stereocenters. The lowest BCUT2D eigenvalue weighted by Gasteiger charge is -2.26. The summed E-state index contributed by atoms with van der Waals surface area (Å²) in [5, 5.41) is 4.42. The first-order valence-corrected chi connectivity index (χ1v) is 10.0. The smallest absolute Gasteiger partial charge is 0.281 e. The summed E-state index contributed by atoms with van der Waals surface area (Å²) in [6.45, 7) is 7.00. The highest BCUT2D eigenvalue weighted by Gasteiger charge is 2.21. The Morgan fingerprint density at radius 3 is 2.88 bits per heavy atom. The van der Waals surface area contributed by atoms with Crippen LogP contribution in [0.4, 0.5) is 5.13 Å². The summed E-state index contributed by atoms with van der Waals surface area (Å²) < 4.78 is 0. The molecule has 0 aliphatic carbocycles. The van der Waals surface area contributed by atoms with Crippen LogP contribution in [0.5, 0.6) is 0 Å². The quantitative estimate of drug-likeness (QED) is 0.840. The third-order valence-electron chi connectivity index (χ3n) is 4.81. The fourth-order valence-electron chi connectivity index (χ4n) is 3.13. The van der Waals surface area contributed by atoms with Gasteiger partial charge in [-0.15, -0.1) is 11.3 Å². The topological polar surface area (TPSA) is 46.4 Å². The Morgan fingerprint density at radius 1 is 1.40 bits per heavy atom. The number of thiazole rings is 1. The number of anilines is 1. The van der Waals surface area contributed by atoms with Crippen molar-refractivity contribution in [2.75, 3.05) is 25.0 Å². The summed E-state index contributed by atoms with van der Waals surface area (Å²) >= 11 is 7.72. The van der Waals surface area contributed by atoms with Crippen molar-refractivity contribution in [1.29, 1.82) is 0 Å². The van der Waals surface area contributed by atoms with E-state index in [2.05, 4.69) is 23.3 Å². The number of hydrogen-bond donors (Lipinski definition) is 2. The molecule has 2 heterocycles. The minimum atomic E-state index is 0.0591. The van der Waals surface area contributed by atoms with E-state index in [-0.39, 0.29) is 5.91 Å². The van der Waals surface area contributed by atoms with E-state index in [0.717, 1.165) is 46.5 Å². The Balaban J connectivity index is 1.52. The van der Waals surface area contributed by atoms with E-state index < -0.39 is 0 Å². The second-order valence-electron chi connectivity index (χ2n) is 7.05. The van der Waals surface area contributed by atoms with Crippen LogP contribution in [0.15, 0.2) is 24.4 Å². The average Bonchev–Trinajstić information content (AvgIpc) is 3.00. The third-order valence-corrected chi connectivity index (χ3v) is 6.13. The molecule has 1 aliphatic rings. The Morgan fingerprint density at radius 2 is 2.16 bits per heavy atom. The number of nitrogens with zero attached hydrogens (tertiary/aromatic N) is 1. The van der Waals surface area contributed by atoms with Gasteiger partial charge in [0.1, 0.15) is 0 Å². The highest BCUT2D eigenvalue weighted by molar-refractivity contribution is 7.15. The highest BCUT2D eigenvalue weighted by Crippen LogP contribution is 2.23. The number of hydrogen-bond acceptors (Lipinski definition) is 3. The van der Waals surface area contributed by atoms with Gasteiger partial charge in [-0.25, -0.2) is 4.98 Å². The zero-order chi connectivity index (χ0) is 17.8. The normalized spacial score (nSPS) is 20.4. The lowest BCUT2D eigenvalue weighted by molar-refractivity contribution is -0.897. The molecule has 1 aromatic carbocycles. The van der Waals surface area contributed by atoms with E-state index in [1.807, 2.05) is 25.3 Å².